The van der Waals surface area contributed by atoms with Crippen LogP contribution in [0.15, 0.2) is 24.3 Å². The predicted molar refractivity (Wildman–Crippen MR) is 80.8 cm³/mol. The summed E-state index contributed by atoms with van der Waals surface area (Å²) in [5, 5.41) is 12.0. The summed E-state index contributed by atoms with van der Waals surface area (Å²) >= 11 is 0. The molecule has 0 aliphatic heterocycles. The van der Waals surface area contributed by atoms with Crippen LogP contribution in [0.4, 0.5) is 0 Å². The maximum atomic E-state index is 12.2. The molecule has 21 heavy (non-hydrogen) atoms. The fraction of sp³-hybridized carbons (Fsp3) is 0.529. The van der Waals surface area contributed by atoms with Gasteiger partial charge in [0.2, 0.25) is 5.91 Å². The van der Waals surface area contributed by atoms with Crippen LogP contribution >= 0.6 is 0 Å². The second kappa shape index (κ2) is 7.25. The molecule has 2 N–H and O–H groups in total. The topological polar surface area (TPSA) is 66.4 Å². The molecule has 0 spiro atoms. The Balaban J connectivity index is 1.84. The van der Waals surface area contributed by atoms with Crippen molar-refractivity contribution in [1.29, 1.82) is 0 Å². The quantitative estimate of drug-likeness (QED) is 0.876. The number of amides is 1. The van der Waals surface area contributed by atoms with Crippen LogP contribution in [0.25, 0.3) is 0 Å². The van der Waals surface area contributed by atoms with Crippen LogP contribution in [0, 0.1) is 11.8 Å². The van der Waals surface area contributed by atoms with Gasteiger partial charge in [-0.2, -0.15) is 0 Å². The van der Waals surface area contributed by atoms with E-state index in [0.29, 0.717) is 32.2 Å². The maximum Gasteiger partial charge on any atom is 0.306 e. The van der Waals surface area contributed by atoms with E-state index < -0.39 is 5.97 Å². The molecule has 1 aliphatic rings. The number of carbonyl (C=O) groups excluding carboxylic acids is 1. The largest absolute Gasteiger partial charge is 0.481 e. The zero-order valence-corrected chi connectivity index (χ0v) is 12.5. The van der Waals surface area contributed by atoms with E-state index in [9.17, 15) is 9.59 Å². The minimum absolute atomic E-state index is 0.0330. The molecule has 1 aliphatic carbocycles. The van der Waals surface area contributed by atoms with E-state index >= 15 is 0 Å². The minimum atomic E-state index is -0.731. The van der Waals surface area contributed by atoms with E-state index in [0.717, 1.165) is 12.0 Å². The molecule has 114 valence electrons. The van der Waals surface area contributed by atoms with Crippen molar-refractivity contribution in [3.05, 3.63) is 35.4 Å². The molecular formula is C17H23NO3. The molecular weight excluding hydrogens is 266 g/mol. The number of carboxylic acids is 1. The Morgan fingerprint density at radius 1 is 1.10 bits per heavy atom. The van der Waals surface area contributed by atoms with E-state index in [-0.39, 0.29) is 17.7 Å². The number of nitrogens with one attached hydrogen (secondary N) is 1. The number of carboxylic acid groups (broad SMARTS) is 1. The van der Waals surface area contributed by atoms with Gasteiger partial charge < -0.3 is 10.4 Å². The average Bonchev–Trinajstić information content (AvgIpc) is 2.52. The second-order valence-corrected chi connectivity index (χ2v) is 5.73. The van der Waals surface area contributed by atoms with Crippen LogP contribution in [0.1, 0.15) is 43.7 Å². The molecule has 0 saturated heterocycles. The second-order valence-electron chi connectivity index (χ2n) is 5.73. The van der Waals surface area contributed by atoms with E-state index in [1.54, 1.807) is 0 Å². The zero-order valence-electron chi connectivity index (χ0n) is 12.5. The van der Waals surface area contributed by atoms with E-state index in [1.165, 1.54) is 5.56 Å². The van der Waals surface area contributed by atoms with Crippen molar-refractivity contribution in [1.82, 2.24) is 5.32 Å². The first-order chi connectivity index (χ1) is 10.1. The molecule has 1 aromatic carbocycles. The number of hydrogen-bond acceptors (Lipinski definition) is 2. The first-order valence-electron chi connectivity index (χ1n) is 7.69. The van der Waals surface area contributed by atoms with E-state index in [4.69, 9.17) is 5.11 Å². The number of benzene rings is 1. The van der Waals surface area contributed by atoms with E-state index in [2.05, 4.69) is 18.3 Å². The minimum Gasteiger partial charge on any atom is -0.481 e. The first kappa shape index (κ1) is 15.5. The summed E-state index contributed by atoms with van der Waals surface area (Å²) in [6.45, 7) is 2.66. The number of hydrogen-bond donors (Lipinski definition) is 2. The summed E-state index contributed by atoms with van der Waals surface area (Å²) in [5.41, 5.74) is 2.42. The highest BCUT2D eigenvalue weighted by atomic mass is 16.4. The first-order valence-corrected chi connectivity index (χ1v) is 7.69. The third-order valence-corrected chi connectivity index (χ3v) is 4.40. The van der Waals surface area contributed by atoms with Crippen LogP contribution < -0.4 is 5.32 Å². The number of aliphatic carboxylic acids is 1. The van der Waals surface area contributed by atoms with Gasteiger partial charge in [0.05, 0.1) is 5.92 Å². The van der Waals surface area contributed by atoms with Crippen molar-refractivity contribution in [3.63, 3.8) is 0 Å². The standard InChI is InChI=1S/C17H23NO3/c1-2-12-5-3-4-6-15(12)11-18-16(19)13-7-9-14(10-8-13)17(20)21/h3-6,13-14H,2,7-11H2,1H3,(H,18,19)(H,20,21). The summed E-state index contributed by atoms with van der Waals surface area (Å²) < 4.78 is 0. The SMILES string of the molecule is CCc1ccccc1CNC(=O)C1CCC(C(=O)O)CC1. The summed E-state index contributed by atoms with van der Waals surface area (Å²) in [7, 11) is 0. The van der Waals surface area contributed by atoms with Gasteiger partial charge in [-0.1, -0.05) is 31.2 Å². The highest BCUT2D eigenvalue weighted by Gasteiger charge is 2.29. The van der Waals surface area contributed by atoms with Gasteiger partial charge in [0.25, 0.3) is 0 Å². The van der Waals surface area contributed by atoms with Crippen molar-refractivity contribution in [2.45, 2.75) is 45.6 Å². The van der Waals surface area contributed by atoms with Crippen molar-refractivity contribution < 1.29 is 14.7 Å². The number of carbonyl (C=O) groups is 2. The molecule has 0 aromatic heterocycles. The van der Waals surface area contributed by atoms with Gasteiger partial charge in [-0.25, -0.2) is 0 Å². The van der Waals surface area contributed by atoms with Crippen molar-refractivity contribution >= 4 is 11.9 Å². The number of rotatable bonds is 5. The highest BCUT2D eigenvalue weighted by molar-refractivity contribution is 5.79. The molecule has 0 radical (unpaired) electrons. The Bertz CT molecular complexity index is 505. The van der Waals surface area contributed by atoms with Gasteiger partial charge in [-0.3, -0.25) is 9.59 Å². The normalized spacial score (nSPS) is 21.8. The molecule has 1 saturated carbocycles. The summed E-state index contributed by atoms with van der Waals surface area (Å²) in [6, 6.07) is 8.12. The molecule has 0 unspecified atom stereocenters. The lowest BCUT2D eigenvalue weighted by atomic mass is 9.81. The molecule has 1 fully saturated rings. The summed E-state index contributed by atoms with van der Waals surface area (Å²) in [5.74, 6) is -0.972. The van der Waals surface area contributed by atoms with Gasteiger partial charge in [0, 0.05) is 12.5 Å². The fourth-order valence-electron chi connectivity index (χ4n) is 3.00. The van der Waals surface area contributed by atoms with Crippen molar-refractivity contribution in [2.75, 3.05) is 0 Å². The van der Waals surface area contributed by atoms with Crippen LogP contribution in [-0.4, -0.2) is 17.0 Å². The van der Waals surface area contributed by atoms with Crippen molar-refractivity contribution in [3.8, 4) is 0 Å². The number of aryl methyl sites for hydroxylation is 1. The van der Waals surface area contributed by atoms with E-state index in [1.807, 2.05) is 18.2 Å². The molecule has 0 heterocycles. The Kier molecular flexibility index (Phi) is 5.37. The van der Waals surface area contributed by atoms with Crippen LogP contribution in [0.2, 0.25) is 0 Å². The smallest absolute Gasteiger partial charge is 0.306 e. The fourth-order valence-corrected chi connectivity index (χ4v) is 3.00. The Labute approximate surface area is 125 Å². The zero-order chi connectivity index (χ0) is 15.2. The lowest BCUT2D eigenvalue weighted by Gasteiger charge is -2.25. The van der Waals surface area contributed by atoms with Crippen LogP contribution in [0.5, 0.6) is 0 Å². The lowest BCUT2D eigenvalue weighted by Crippen LogP contribution is -2.34. The van der Waals surface area contributed by atoms with Gasteiger partial charge in [-0.05, 0) is 43.2 Å². The molecule has 4 nitrogen and oxygen atoms in total. The highest BCUT2D eigenvalue weighted by Crippen LogP contribution is 2.29. The Morgan fingerprint density at radius 2 is 1.67 bits per heavy atom. The molecule has 1 amide bonds. The Morgan fingerprint density at radius 3 is 2.24 bits per heavy atom. The van der Waals surface area contributed by atoms with Gasteiger partial charge in [0.15, 0.2) is 0 Å². The van der Waals surface area contributed by atoms with Crippen molar-refractivity contribution in [2.24, 2.45) is 11.8 Å². The third kappa shape index (κ3) is 4.06. The average molecular weight is 289 g/mol. The molecule has 0 atom stereocenters. The lowest BCUT2D eigenvalue weighted by molar-refractivity contribution is -0.144. The molecule has 4 heteroatoms. The Hall–Kier alpha value is -1.84. The summed E-state index contributed by atoms with van der Waals surface area (Å²) in [4.78, 5) is 23.1. The van der Waals surface area contributed by atoms with Gasteiger partial charge >= 0.3 is 5.97 Å². The molecule has 0 bridgehead atoms. The summed E-state index contributed by atoms with van der Waals surface area (Å²) in [6.07, 6.45) is 3.53. The molecule has 2 rings (SSSR count). The maximum absolute atomic E-state index is 12.2. The predicted octanol–water partition coefficient (Wildman–Crippen LogP) is 2.76. The van der Waals surface area contributed by atoms with Gasteiger partial charge in [-0.15, -0.1) is 0 Å². The monoisotopic (exact) mass is 289 g/mol. The van der Waals surface area contributed by atoms with Crippen LogP contribution in [0.3, 0.4) is 0 Å². The van der Waals surface area contributed by atoms with Crippen LogP contribution in [-0.2, 0) is 22.6 Å². The third-order valence-electron chi connectivity index (χ3n) is 4.40. The molecule has 1 aromatic rings. The van der Waals surface area contributed by atoms with Gasteiger partial charge in [0.1, 0.15) is 0 Å².